The highest BCUT2D eigenvalue weighted by molar-refractivity contribution is 6.02. The van der Waals surface area contributed by atoms with E-state index in [1.54, 1.807) is 18.2 Å². The molecule has 6 nitrogen and oxygen atoms in total. The molecule has 1 aliphatic heterocycles. The van der Waals surface area contributed by atoms with Gasteiger partial charge in [0, 0.05) is 6.42 Å². The van der Waals surface area contributed by atoms with E-state index in [1.165, 1.54) is 5.01 Å². The van der Waals surface area contributed by atoms with Gasteiger partial charge in [-0.2, -0.15) is 5.10 Å². The summed E-state index contributed by atoms with van der Waals surface area (Å²) in [6.45, 7) is 2.19. The van der Waals surface area contributed by atoms with Crippen LogP contribution in [0.2, 0.25) is 0 Å². The molecule has 0 bridgehead atoms. The van der Waals surface area contributed by atoms with Crippen molar-refractivity contribution in [2.45, 2.75) is 13.3 Å². The molecule has 2 amide bonds. The Bertz CT molecular complexity index is 831. The van der Waals surface area contributed by atoms with Crippen molar-refractivity contribution in [2.24, 2.45) is 10.8 Å². The van der Waals surface area contributed by atoms with Crippen LogP contribution >= 0.6 is 0 Å². The minimum Gasteiger partial charge on any atom is -0.483 e. The Hall–Kier alpha value is -3.15. The number of nitrogens with two attached hydrogens (primary N) is 1. The van der Waals surface area contributed by atoms with Crippen LogP contribution in [0.25, 0.3) is 0 Å². The highest BCUT2D eigenvalue weighted by atomic mass is 16.5. The monoisotopic (exact) mass is 337 g/mol. The fourth-order valence-corrected chi connectivity index (χ4v) is 2.64. The Morgan fingerprint density at radius 2 is 1.96 bits per heavy atom. The van der Waals surface area contributed by atoms with Gasteiger partial charge in [-0.15, -0.1) is 0 Å². The van der Waals surface area contributed by atoms with E-state index in [9.17, 15) is 9.59 Å². The lowest BCUT2D eigenvalue weighted by Crippen LogP contribution is -2.29. The van der Waals surface area contributed by atoms with Crippen molar-refractivity contribution in [3.63, 3.8) is 0 Å². The van der Waals surface area contributed by atoms with E-state index >= 15 is 0 Å². The van der Waals surface area contributed by atoms with Gasteiger partial charge in [0.15, 0.2) is 6.61 Å². The van der Waals surface area contributed by atoms with Crippen molar-refractivity contribution in [1.82, 2.24) is 5.01 Å². The van der Waals surface area contributed by atoms with Crippen molar-refractivity contribution in [3.8, 4) is 5.75 Å². The zero-order valence-electron chi connectivity index (χ0n) is 13.9. The first-order valence-electron chi connectivity index (χ1n) is 8.01. The van der Waals surface area contributed by atoms with Crippen LogP contribution in [0.5, 0.6) is 5.75 Å². The van der Waals surface area contributed by atoms with Crippen LogP contribution in [0.3, 0.4) is 0 Å². The summed E-state index contributed by atoms with van der Waals surface area (Å²) < 4.78 is 5.53. The van der Waals surface area contributed by atoms with E-state index < -0.39 is 5.91 Å². The van der Waals surface area contributed by atoms with Gasteiger partial charge in [0.1, 0.15) is 5.75 Å². The maximum atomic E-state index is 12.3. The zero-order valence-corrected chi connectivity index (χ0v) is 13.9. The highest BCUT2D eigenvalue weighted by Crippen LogP contribution is 2.20. The Balaban J connectivity index is 1.67. The number of nitrogens with zero attached hydrogens (tertiary/aromatic N) is 2. The summed E-state index contributed by atoms with van der Waals surface area (Å²) in [5.74, 6) is -0.539. The van der Waals surface area contributed by atoms with Crippen LogP contribution in [-0.4, -0.2) is 35.7 Å². The molecule has 0 unspecified atom stereocenters. The number of carbonyl (C=O) groups excluding carboxylic acids is 2. The third-order valence-electron chi connectivity index (χ3n) is 3.95. The minimum atomic E-state index is -0.590. The van der Waals surface area contributed by atoms with Gasteiger partial charge in [-0.05, 0) is 30.2 Å². The Labute approximate surface area is 145 Å². The number of hydrazone groups is 1. The molecule has 0 spiro atoms. The maximum Gasteiger partial charge on any atom is 0.280 e. The first-order chi connectivity index (χ1) is 12.0. The highest BCUT2D eigenvalue weighted by Gasteiger charge is 2.22. The Morgan fingerprint density at radius 3 is 2.68 bits per heavy atom. The number of hydrogen-bond donors (Lipinski definition) is 1. The predicted octanol–water partition coefficient (Wildman–Crippen LogP) is 2.11. The predicted molar refractivity (Wildman–Crippen MR) is 94.5 cm³/mol. The number of rotatable bonds is 5. The van der Waals surface area contributed by atoms with Gasteiger partial charge in [-0.25, -0.2) is 5.01 Å². The van der Waals surface area contributed by atoms with Gasteiger partial charge in [0.2, 0.25) is 0 Å². The molecule has 0 atom stereocenters. The molecule has 6 heteroatoms. The van der Waals surface area contributed by atoms with E-state index in [0.717, 1.165) is 16.8 Å². The smallest absolute Gasteiger partial charge is 0.280 e. The molecule has 128 valence electrons. The summed E-state index contributed by atoms with van der Waals surface area (Å²) in [4.78, 5) is 23.8. The first-order valence-corrected chi connectivity index (χ1v) is 8.01. The SMILES string of the molecule is Cc1ccc(C(N)=O)c(OCC(=O)N2CCC(c3ccccc3)=N2)c1. The molecule has 1 heterocycles. The van der Waals surface area contributed by atoms with Gasteiger partial charge in [0.05, 0.1) is 17.8 Å². The van der Waals surface area contributed by atoms with E-state index in [0.29, 0.717) is 18.7 Å². The lowest BCUT2D eigenvalue weighted by molar-refractivity contribution is -0.132. The summed E-state index contributed by atoms with van der Waals surface area (Å²) in [5, 5.41) is 5.78. The van der Waals surface area contributed by atoms with E-state index in [-0.39, 0.29) is 18.1 Å². The van der Waals surface area contributed by atoms with Crippen molar-refractivity contribution >= 4 is 17.5 Å². The van der Waals surface area contributed by atoms with Crippen LogP contribution in [0.1, 0.15) is 27.9 Å². The van der Waals surface area contributed by atoms with Crippen LogP contribution in [0, 0.1) is 6.92 Å². The lowest BCUT2D eigenvalue weighted by Gasteiger charge is -2.14. The van der Waals surface area contributed by atoms with Gasteiger partial charge >= 0.3 is 0 Å². The number of aryl methyl sites for hydroxylation is 1. The van der Waals surface area contributed by atoms with Crippen molar-refractivity contribution in [1.29, 1.82) is 0 Å². The summed E-state index contributed by atoms with van der Waals surface area (Å²) in [6.07, 6.45) is 0.701. The van der Waals surface area contributed by atoms with Crippen LogP contribution in [-0.2, 0) is 4.79 Å². The number of primary amides is 1. The molecule has 25 heavy (non-hydrogen) atoms. The molecule has 0 fully saturated rings. The molecule has 2 aromatic rings. The third kappa shape index (κ3) is 3.85. The summed E-state index contributed by atoms with van der Waals surface area (Å²) in [7, 11) is 0. The Morgan fingerprint density at radius 1 is 1.20 bits per heavy atom. The second kappa shape index (κ2) is 7.17. The molecule has 2 N–H and O–H groups in total. The summed E-state index contributed by atoms with van der Waals surface area (Å²) in [6, 6.07) is 14.8. The molecular formula is C19H19N3O3. The topological polar surface area (TPSA) is 85.0 Å². The fraction of sp³-hybridized carbons (Fsp3) is 0.211. The van der Waals surface area contributed by atoms with Crippen LogP contribution in [0.15, 0.2) is 53.6 Å². The van der Waals surface area contributed by atoms with Gasteiger partial charge in [-0.3, -0.25) is 9.59 Å². The molecule has 0 saturated heterocycles. The second-order valence-electron chi connectivity index (χ2n) is 5.83. The van der Waals surface area contributed by atoms with Gasteiger partial charge in [0.25, 0.3) is 11.8 Å². The molecule has 0 aliphatic carbocycles. The standard InChI is InChI=1S/C19H19N3O3/c1-13-7-8-15(19(20)24)17(11-13)25-12-18(23)22-10-9-16(21-22)14-5-3-2-4-6-14/h2-8,11H,9-10,12H2,1H3,(H2,20,24). The van der Waals surface area contributed by atoms with Gasteiger partial charge in [-0.1, -0.05) is 36.4 Å². The van der Waals surface area contributed by atoms with Crippen molar-refractivity contribution < 1.29 is 14.3 Å². The largest absolute Gasteiger partial charge is 0.483 e. The molecule has 0 radical (unpaired) electrons. The number of benzene rings is 2. The first kappa shape index (κ1) is 16.7. The van der Waals surface area contributed by atoms with Crippen LogP contribution < -0.4 is 10.5 Å². The molecule has 2 aromatic carbocycles. The van der Waals surface area contributed by atoms with E-state index in [1.807, 2.05) is 37.3 Å². The summed E-state index contributed by atoms with van der Waals surface area (Å²) in [5.41, 5.74) is 8.40. The average molecular weight is 337 g/mol. The maximum absolute atomic E-state index is 12.3. The molecule has 1 aliphatic rings. The minimum absolute atomic E-state index is 0.199. The zero-order chi connectivity index (χ0) is 17.8. The average Bonchev–Trinajstić information content (AvgIpc) is 3.10. The number of amides is 2. The molecule has 0 aromatic heterocycles. The molecule has 3 rings (SSSR count). The fourth-order valence-electron chi connectivity index (χ4n) is 2.64. The van der Waals surface area contributed by atoms with Gasteiger partial charge < -0.3 is 10.5 Å². The van der Waals surface area contributed by atoms with Crippen molar-refractivity contribution in [2.75, 3.05) is 13.2 Å². The third-order valence-corrected chi connectivity index (χ3v) is 3.95. The van der Waals surface area contributed by atoms with Crippen molar-refractivity contribution in [3.05, 3.63) is 65.2 Å². The number of ether oxygens (including phenoxy) is 1. The summed E-state index contributed by atoms with van der Waals surface area (Å²) >= 11 is 0. The second-order valence-corrected chi connectivity index (χ2v) is 5.83. The molecular weight excluding hydrogens is 318 g/mol. The van der Waals surface area contributed by atoms with E-state index in [4.69, 9.17) is 10.5 Å². The van der Waals surface area contributed by atoms with E-state index in [2.05, 4.69) is 5.10 Å². The Kier molecular flexibility index (Phi) is 4.79. The number of carbonyl (C=O) groups is 2. The lowest BCUT2D eigenvalue weighted by atomic mass is 10.1. The normalized spacial score (nSPS) is 13.5. The number of hydrogen-bond acceptors (Lipinski definition) is 4. The molecule has 0 saturated carbocycles. The van der Waals surface area contributed by atoms with Crippen LogP contribution in [0.4, 0.5) is 0 Å². The quantitative estimate of drug-likeness (QED) is 0.907.